The predicted molar refractivity (Wildman–Crippen MR) is 72.8 cm³/mol. The van der Waals surface area contributed by atoms with E-state index in [1.165, 1.54) is 6.07 Å². The molecular weight excluding hydrogens is 298 g/mol. The number of rotatable bonds is 3. The highest BCUT2D eigenvalue weighted by Crippen LogP contribution is 2.24. The number of benzene rings is 2. The first-order valence-corrected chi connectivity index (χ1v) is 7.45. The molecule has 0 heterocycles. The van der Waals surface area contributed by atoms with E-state index in [1.54, 1.807) is 6.07 Å². The van der Waals surface area contributed by atoms with Crippen LogP contribution in [-0.2, 0) is 15.6 Å². The van der Waals surface area contributed by atoms with Gasteiger partial charge in [-0.15, -0.1) is 0 Å². The van der Waals surface area contributed by atoms with Crippen molar-refractivity contribution in [1.29, 1.82) is 5.26 Å². The van der Waals surface area contributed by atoms with Crippen LogP contribution >= 0.6 is 0 Å². The number of sulfone groups is 1. The van der Waals surface area contributed by atoms with Gasteiger partial charge in [-0.25, -0.2) is 17.2 Å². The lowest BCUT2D eigenvalue weighted by Crippen LogP contribution is -2.08. The normalized spacial score (nSPS) is 11.1. The predicted octanol–water partition coefficient (Wildman–Crippen LogP) is 2.39. The number of nitrogens with zero attached hydrogens (tertiary/aromatic N) is 1. The highest BCUT2D eigenvalue weighted by Gasteiger charge is 2.20. The van der Waals surface area contributed by atoms with Crippen LogP contribution in [0, 0.1) is 23.0 Å². The van der Waals surface area contributed by atoms with Crippen LogP contribution in [0.1, 0.15) is 11.1 Å². The number of nitriles is 1. The zero-order chi connectivity index (χ0) is 15.6. The maximum absolute atomic E-state index is 13.2. The van der Waals surface area contributed by atoms with Gasteiger partial charge in [0.25, 0.3) is 0 Å². The number of nitrogen functional groups attached to an aromatic ring is 1. The minimum atomic E-state index is -3.90. The summed E-state index contributed by atoms with van der Waals surface area (Å²) < 4.78 is 50.8. The third-order valence-corrected chi connectivity index (χ3v) is 4.56. The van der Waals surface area contributed by atoms with Crippen molar-refractivity contribution in [2.24, 2.45) is 0 Å². The van der Waals surface area contributed by atoms with Crippen molar-refractivity contribution in [2.75, 3.05) is 5.73 Å². The number of anilines is 1. The second-order valence-electron chi connectivity index (χ2n) is 4.37. The third kappa shape index (κ3) is 3.17. The smallest absolute Gasteiger partial charge is 0.184 e. The van der Waals surface area contributed by atoms with E-state index >= 15 is 0 Å². The van der Waals surface area contributed by atoms with Crippen molar-refractivity contribution in [3.8, 4) is 6.07 Å². The molecule has 0 aromatic heterocycles. The molecule has 2 N–H and O–H groups in total. The first-order chi connectivity index (χ1) is 9.83. The highest BCUT2D eigenvalue weighted by molar-refractivity contribution is 7.90. The van der Waals surface area contributed by atoms with E-state index in [0.717, 1.165) is 30.3 Å². The Morgan fingerprint density at radius 2 is 1.86 bits per heavy atom. The molecule has 0 aliphatic rings. The SMILES string of the molecule is N#Cc1cc(CS(=O)(=O)c2cc(F)ccc2N)ccc1F. The van der Waals surface area contributed by atoms with Crippen LogP contribution in [0.15, 0.2) is 41.3 Å². The molecule has 0 radical (unpaired) electrons. The van der Waals surface area contributed by atoms with Crippen LogP contribution in [0.2, 0.25) is 0 Å². The Bertz CT molecular complexity index is 843. The van der Waals surface area contributed by atoms with Gasteiger partial charge in [0.1, 0.15) is 17.7 Å². The second kappa shape index (κ2) is 5.50. The summed E-state index contributed by atoms with van der Waals surface area (Å²) in [5.74, 6) is -1.96. The van der Waals surface area contributed by atoms with Crippen LogP contribution in [0.4, 0.5) is 14.5 Å². The molecule has 0 spiro atoms. The van der Waals surface area contributed by atoms with Crippen molar-refractivity contribution in [1.82, 2.24) is 0 Å². The number of hydrogen-bond donors (Lipinski definition) is 1. The molecule has 108 valence electrons. The monoisotopic (exact) mass is 308 g/mol. The second-order valence-corrected chi connectivity index (χ2v) is 6.33. The maximum atomic E-state index is 13.2. The maximum Gasteiger partial charge on any atom is 0.184 e. The Hall–Kier alpha value is -2.46. The van der Waals surface area contributed by atoms with Gasteiger partial charge in [0, 0.05) is 0 Å². The van der Waals surface area contributed by atoms with Gasteiger partial charge in [-0.3, -0.25) is 0 Å². The van der Waals surface area contributed by atoms with Crippen LogP contribution in [0.25, 0.3) is 0 Å². The van der Waals surface area contributed by atoms with E-state index in [4.69, 9.17) is 11.0 Å². The topological polar surface area (TPSA) is 84.0 Å². The summed E-state index contributed by atoms with van der Waals surface area (Å²) in [4.78, 5) is -0.328. The minimum absolute atomic E-state index is 0.0704. The van der Waals surface area contributed by atoms with E-state index in [9.17, 15) is 17.2 Å². The van der Waals surface area contributed by atoms with Gasteiger partial charge in [0.15, 0.2) is 9.84 Å². The molecule has 2 rings (SSSR count). The molecule has 2 aromatic rings. The molecule has 0 amide bonds. The molecule has 7 heteroatoms. The Labute approximate surface area is 120 Å². The lowest BCUT2D eigenvalue weighted by atomic mass is 10.1. The van der Waals surface area contributed by atoms with E-state index in [1.807, 2.05) is 0 Å². The van der Waals surface area contributed by atoms with Crippen molar-refractivity contribution < 1.29 is 17.2 Å². The zero-order valence-corrected chi connectivity index (χ0v) is 11.5. The lowest BCUT2D eigenvalue weighted by Gasteiger charge is -2.08. The van der Waals surface area contributed by atoms with Gasteiger partial charge >= 0.3 is 0 Å². The lowest BCUT2D eigenvalue weighted by molar-refractivity contribution is 0.590. The van der Waals surface area contributed by atoms with Crippen molar-refractivity contribution in [3.05, 3.63) is 59.2 Å². The molecule has 0 saturated heterocycles. The minimum Gasteiger partial charge on any atom is -0.398 e. The van der Waals surface area contributed by atoms with Crippen molar-refractivity contribution in [3.63, 3.8) is 0 Å². The summed E-state index contributed by atoms with van der Waals surface area (Å²) in [5, 5.41) is 8.73. The summed E-state index contributed by atoms with van der Waals surface area (Å²) in [5.41, 5.74) is 5.45. The fourth-order valence-corrected chi connectivity index (χ4v) is 3.32. The van der Waals surface area contributed by atoms with E-state index in [2.05, 4.69) is 0 Å². The summed E-state index contributed by atoms with van der Waals surface area (Å²) in [6.07, 6.45) is 0. The zero-order valence-electron chi connectivity index (χ0n) is 10.7. The van der Waals surface area contributed by atoms with Crippen LogP contribution < -0.4 is 5.73 Å². The van der Waals surface area contributed by atoms with Crippen molar-refractivity contribution >= 4 is 15.5 Å². The number of nitrogens with two attached hydrogens (primary N) is 1. The summed E-state index contributed by atoms with van der Waals surface area (Å²) >= 11 is 0. The first kappa shape index (κ1) is 14.9. The highest BCUT2D eigenvalue weighted by atomic mass is 32.2. The van der Waals surface area contributed by atoms with E-state index in [0.29, 0.717) is 0 Å². The molecule has 0 aliphatic heterocycles. The van der Waals surface area contributed by atoms with Crippen LogP contribution in [0.3, 0.4) is 0 Å². The molecule has 0 bridgehead atoms. The molecule has 2 aromatic carbocycles. The van der Waals surface area contributed by atoms with Gasteiger partial charge in [0.05, 0.1) is 21.9 Å². The Balaban J connectivity index is 2.43. The molecule has 21 heavy (non-hydrogen) atoms. The average Bonchev–Trinajstić information content (AvgIpc) is 2.43. The third-order valence-electron chi connectivity index (χ3n) is 2.82. The summed E-state index contributed by atoms with van der Waals surface area (Å²) in [6.45, 7) is 0. The van der Waals surface area contributed by atoms with Crippen molar-refractivity contribution in [2.45, 2.75) is 10.6 Å². The van der Waals surface area contributed by atoms with E-state index in [-0.39, 0.29) is 21.7 Å². The number of hydrogen-bond acceptors (Lipinski definition) is 4. The molecule has 0 unspecified atom stereocenters. The van der Waals surface area contributed by atoms with Gasteiger partial charge in [-0.1, -0.05) is 6.07 Å². The summed E-state index contributed by atoms with van der Waals surface area (Å²) in [6, 6.07) is 8.08. The van der Waals surface area contributed by atoms with Gasteiger partial charge < -0.3 is 5.73 Å². The Morgan fingerprint density at radius 3 is 2.52 bits per heavy atom. The fourth-order valence-electron chi connectivity index (χ4n) is 1.82. The van der Waals surface area contributed by atoms with Gasteiger partial charge in [0.2, 0.25) is 0 Å². The Morgan fingerprint density at radius 1 is 1.14 bits per heavy atom. The summed E-state index contributed by atoms with van der Waals surface area (Å²) in [7, 11) is -3.90. The fraction of sp³-hybridized carbons (Fsp3) is 0.0714. The van der Waals surface area contributed by atoms with Crippen LogP contribution in [-0.4, -0.2) is 8.42 Å². The van der Waals surface area contributed by atoms with Crippen LogP contribution in [0.5, 0.6) is 0 Å². The molecular formula is C14H10F2N2O2S. The van der Waals surface area contributed by atoms with Gasteiger partial charge in [-0.05, 0) is 35.9 Å². The molecule has 0 fully saturated rings. The largest absolute Gasteiger partial charge is 0.398 e. The van der Waals surface area contributed by atoms with Gasteiger partial charge in [-0.2, -0.15) is 5.26 Å². The molecule has 0 atom stereocenters. The molecule has 0 saturated carbocycles. The molecule has 4 nitrogen and oxygen atoms in total. The number of halogens is 2. The average molecular weight is 308 g/mol. The Kier molecular flexibility index (Phi) is 3.91. The standard InChI is InChI=1S/C14H10F2N2O2S/c15-11-2-4-13(18)14(6-11)21(19,20)8-9-1-3-12(16)10(5-9)7-17/h1-6H,8,18H2. The molecule has 0 aliphatic carbocycles. The first-order valence-electron chi connectivity index (χ1n) is 5.80. The quantitative estimate of drug-likeness (QED) is 0.882. The van der Waals surface area contributed by atoms with E-state index < -0.39 is 27.2 Å².